The topological polar surface area (TPSA) is 77.4 Å². The molecule has 0 saturated heterocycles. The summed E-state index contributed by atoms with van der Waals surface area (Å²) in [5.41, 5.74) is 0. The van der Waals surface area contributed by atoms with Crippen molar-refractivity contribution >= 4 is 10.1 Å². The van der Waals surface area contributed by atoms with E-state index in [4.69, 9.17) is 0 Å². The van der Waals surface area contributed by atoms with Gasteiger partial charge in [-0.05, 0) is 6.42 Å². The average molecular weight is 485 g/mol. The van der Waals surface area contributed by atoms with Crippen LogP contribution >= 0.6 is 0 Å². The minimum atomic E-state index is -4.30. The SMILES string of the molecule is CCCCCCCCCCCCCCCCCCCCCCCCC(O)CS(=O)(=O)[O-].[Na+]. The zero-order valence-corrected chi connectivity index (χ0v) is 24.4. The van der Waals surface area contributed by atoms with E-state index in [-0.39, 0.29) is 29.6 Å². The first-order valence-corrected chi connectivity index (χ1v) is 15.1. The van der Waals surface area contributed by atoms with Gasteiger partial charge < -0.3 is 9.66 Å². The van der Waals surface area contributed by atoms with Gasteiger partial charge in [-0.2, -0.15) is 0 Å². The van der Waals surface area contributed by atoms with Gasteiger partial charge >= 0.3 is 29.6 Å². The maximum atomic E-state index is 10.5. The second-order valence-corrected chi connectivity index (χ2v) is 11.0. The van der Waals surface area contributed by atoms with Crippen molar-refractivity contribution in [3.8, 4) is 0 Å². The first kappa shape index (κ1) is 35.0. The largest absolute Gasteiger partial charge is 1.00 e. The van der Waals surface area contributed by atoms with Crippen molar-refractivity contribution in [2.45, 2.75) is 161 Å². The van der Waals surface area contributed by atoms with Gasteiger partial charge in [0.1, 0.15) is 0 Å². The van der Waals surface area contributed by atoms with E-state index in [0.29, 0.717) is 6.42 Å². The Kier molecular flexibility index (Phi) is 29.0. The molecule has 0 saturated carbocycles. The number of hydrogen-bond acceptors (Lipinski definition) is 4. The predicted molar refractivity (Wildman–Crippen MR) is 132 cm³/mol. The molecule has 1 N–H and O–H groups in total. The van der Waals surface area contributed by atoms with Crippen molar-refractivity contribution in [3.63, 3.8) is 0 Å². The van der Waals surface area contributed by atoms with E-state index in [9.17, 15) is 18.1 Å². The maximum absolute atomic E-state index is 10.5. The molecular formula is C26H53NaO4S. The molecule has 1 unspecified atom stereocenters. The van der Waals surface area contributed by atoms with E-state index in [2.05, 4.69) is 6.92 Å². The first-order chi connectivity index (χ1) is 15.0. The Labute approximate surface area is 223 Å². The van der Waals surface area contributed by atoms with E-state index in [0.717, 1.165) is 19.3 Å². The Hall–Kier alpha value is 0.870. The summed E-state index contributed by atoms with van der Waals surface area (Å²) in [6, 6.07) is 0. The number of hydrogen-bond donors (Lipinski definition) is 1. The molecule has 0 rings (SSSR count). The molecule has 32 heavy (non-hydrogen) atoms. The van der Waals surface area contributed by atoms with Gasteiger partial charge in [0.25, 0.3) is 0 Å². The maximum Gasteiger partial charge on any atom is 1.00 e. The van der Waals surface area contributed by atoms with Crippen molar-refractivity contribution in [2.75, 3.05) is 5.75 Å². The molecule has 188 valence electrons. The minimum Gasteiger partial charge on any atom is -0.748 e. The van der Waals surface area contributed by atoms with Gasteiger partial charge in [0.05, 0.1) is 22.0 Å². The van der Waals surface area contributed by atoms with Gasteiger partial charge in [-0.25, -0.2) is 8.42 Å². The van der Waals surface area contributed by atoms with Crippen LogP contribution in [0.2, 0.25) is 0 Å². The van der Waals surface area contributed by atoms with E-state index >= 15 is 0 Å². The number of rotatable bonds is 25. The smallest absolute Gasteiger partial charge is 0.748 e. The Balaban J connectivity index is 0. The number of aliphatic hydroxyl groups excluding tert-OH is 1. The third-order valence-corrected chi connectivity index (χ3v) is 7.08. The summed E-state index contributed by atoms with van der Waals surface area (Å²) in [5, 5.41) is 9.47. The summed E-state index contributed by atoms with van der Waals surface area (Å²) in [6.45, 7) is 2.28. The van der Waals surface area contributed by atoms with E-state index < -0.39 is 22.0 Å². The monoisotopic (exact) mass is 484 g/mol. The molecule has 0 fully saturated rings. The molecule has 0 aromatic carbocycles. The van der Waals surface area contributed by atoms with Crippen molar-refractivity contribution in [1.82, 2.24) is 0 Å². The fraction of sp³-hybridized carbons (Fsp3) is 1.00. The van der Waals surface area contributed by atoms with Crippen LogP contribution in [0.4, 0.5) is 0 Å². The van der Waals surface area contributed by atoms with Gasteiger partial charge in [0.2, 0.25) is 0 Å². The molecular weight excluding hydrogens is 431 g/mol. The molecule has 0 spiro atoms. The van der Waals surface area contributed by atoms with Crippen molar-refractivity contribution in [3.05, 3.63) is 0 Å². The molecule has 4 nitrogen and oxygen atoms in total. The van der Waals surface area contributed by atoms with E-state index in [1.54, 1.807) is 0 Å². The average Bonchev–Trinajstić information content (AvgIpc) is 2.70. The van der Waals surface area contributed by atoms with Crippen LogP contribution in [0.1, 0.15) is 155 Å². The Bertz CT molecular complexity index is 457. The summed E-state index contributed by atoms with van der Waals surface area (Å²) in [7, 11) is -4.30. The van der Waals surface area contributed by atoms with Crippen LogP contribution in [0.3, 0.4) is 0 Å². The summed E-state index contributed by atoms with van der Waals surface area (Å²) >= 11 is 0. The molecule has 0 bridgehead atoms. The van der Waals surface area contributed by atoms with Crippen LogP contribution in [-0.2, 0) is 10.1 Å². The van der Waals surface area contributed by atoms with Crippen LogP contribution in [0.5, 0.6) is 0 Å². The fourth-order valence-corrected chi connectivity index (χ4v) is 4.95. The fourth-order valence-electron chi connectivity index (χ4n) is 4.31. The van der Waals surface area contributed by atoms with E-state index in [1.165, 1.54) is 122 Å². The zero-order chi connectivity index (χ0) is 23.0. The van der Waals surface area contributed by atoms with Crippen LogP contribution in [0.25, 0.3) is 0 Å². The molecule has 0 aliphatic heterocycles. The Morgan fingerprint density at radius 2 is 0.812 bits per heavy atom. The van der Waals surface area contributed by atoms with Gasteiger partial charge in [0.15, 0.2) is 0 Å². The molecule has 6 heteroatoms. The predicted octanol–water partition coefficient (Wildman–Crippen LogP) is 4.89. The molecule has 0 radical (unpaired) electrons. The summed E-state index contributed by atoms with van der Waals surface area (Å²) < 4.78 is 31.6. The molecule has 0 amide bonds. The molecule has 0 heterocycles. The quantitative estimate of drug-likeness (QED) is 0.114. The summed E-state index contributed by atoms with van der Waals surface area (Å²) in [6.07, 6.45) is 28.8. The van der Waals surface area contributed by atoms with Crippen LogP contribution in [0, 0.1) is 0 Å². The van der Waals surface area contributed by atoms with E-state index in [1.807, 2.05) is 0 Å². The van der Waals surface area contributed by atoms with Crippen LogP contribution in [-0.4, -0.2) is 29.9 Å². The third kappa shape index (κ3) is 30.9. The van der Waals surface area contributed by atoms with Gasteiger partial charge in [-0.15, -0.1) is 0 Å². The summed E-state index contributed by atoms with van der Waals surface area (Å²) in [5.74, 6) is -0.647. The second kappa shape index (κ2) is 26.5. The molecule has 0 aliphatic rings. The molecule has 0 aliphatic carbocycles. The summed E-state index contributed by atoms with van der Waals surface area (Å²) in [4.78, 5) is 0. The Morgan fingerprint density at radius 3 is 1.06 bits per heavy atom. The van der Waals surface area contributed by atoms with Gasteiger partial charge in [0, 0.05) is 0 Å². The van der Waals surface area contributed by atoms with Crippen molar-refractivity contribution < 1.29 is 47.6 Å². The normalized spacial score (nSPS) is 12.6. The minimum absolute atomic E-state index is 0. The third-order valence-electron chi connectivity index (χ3n) is 6.29. The standard InChI is InChI=1S/C26H54O4S.Na/c1-2-3-4-5-6-7-8-9-10-11-12-13-14-15-16-17-18-19-20-21-22-23-24-26(27)25-31(28,29)30;/h26-27H,2-25H2,1H3,(H,28,29,30);/q;+1/p-1. The van der Waals surface area contributed by atoms with Crippen LogP contribution < -0.4 is 29.6 Å². The van der Waals surface area contributed by atoms with Crippen LogP contribution in [0.15, 0.2) is 0 Å². The van der Waals surface area contributed by atoms with Gasteiger partial charge in [-0.1, -0.05) is 148 Å². The molecule has 0 aromatic rings. The number of unbranched alkanes of at least 4 members (excludes halogenated alkanes) is 21. The Morgan fingerprint density at radius 1 is 0.562 bits per heavy atom. The zero-order valence-electron chi connectivity index (χ0n) is 21.6. The molecule has 1 atom stereocenters. The number of aliphatic hydroxyl groups is 1. The first-order valence-electron chi connectivity index (χ1n) is 13.6. The molecule has 0 aromatic heterocycles. The second-order valence-electron chi connectivity index (χ2n) is 9.59. The van der Waals surface area contributed by atoms with Gasteiger partial charge in [-0.3, -0.25) is 0 Å². The van der Waals surface area contributed by atoms with Crippen molar-refractivity contribution in [2.24, 2.45) is 0 Å². The van der Waals surface area contributed by atoms with Crippen molar-refractivity contribution in [1.29, 1.82) is 0 Å².